The summed E-state index contributed by atoms with van der Waals surface area (Å²) >= 11 is 1.79. The minimum Gasteiger partial charge on any atom is -0.481 e. The first-order chi connectivity index (χ1) is 4.29. The van der Waals surface area contributed by atoms with Crippen molar-refractivity contribution in [2.75, 3.05) is 5.75 Å². The zero-order chi connectivity index (χ0) is 6.69. The van der Waals surface area contributed by atoms with Crippen LogP contribution in [-0.4, -0.2) is 22.1 Å². The van der Waals surface area contributed by atoms with Crippen LogP contribution in [0.15, 0.2) is 0 Å². The molecule has 9 heavy (non-hydrogen) atoms. The Bertz CT molecular complexity index is 108. The van der Waals surface area contributed by atoms with Crippen molar-refractivity contribution in [2.24, 2.45) is 0 Å². The van der Waals surface area contributed by atoms with Crippen LogP contribution in [-0.2, 0) is 4.79 Å². The monoisotopic (exact) mass is 146 g/mol. The molecule has 52 valence electrons. The summed E-state index contributed by atoms with van der Waals surface area (Å²) < 4.78 is 0. The van der Waals surface area contributed by atoms with Gasteiger partial charge in [-0.25, -0.2) is 0 Å². The smallest absolute Gasteiger partial charge is 0.304 e. The molecule has 0 aromatic carbocycles. The Morgan fingerprint density at radius 1 is 1.78 bits per heavy atom. The van der Waals surface area contributed by atoms with Crippen molar-refractivity contribution < 1.29 is 9.90 Å². The van der Waals surface area contributed by atoms with Crippen LogP contribution in [0.2, 0.25) is 0 Å². The van der Waals surface area contributed by atoms with Gasteiger partial charge in [-0.05, 0) is 18.6 Å². The molecule has 0 radical (unpaired) electrons. The molecule has 0 saturated carbocycles. The van der Waals surface area contributed by atoms with Gasteiger partial charge in [0.15, 0.2) is 0 Å². The van der Waals surface area contributed by atoms with Crippen molar-refractivity contribution in [2.45, 2.75) is 24.5 Å². The summed E-state index contributed by atoms with van der Waals surface area (Å²) in [5.74, 6) is 0.493. The van der Waals surface area contributed by atoms with Crippen LogP contribution in [0.4, 0.5) is 0 Å². The van der Waals surface area contributed by atoms with Crippen molar-refractivity contribution in [1.82, 2.24) is 0 Å². The van der Waals surface area contributed by atoms with Gasteiger partial charge < -0.3 is 5.11 Å². The number of rotatable bonds is 2. The van der Waals surface area contributed by atoms with Gasteiger partial charge >= 0.3 is 5.97 Å². The van der Waals surface area contributed by atoms with Gasteiger partial charge in [-0.1, -0.05) is 0 Å². The third-order valence-electron chi connectivity index (χ3n) is 1.43. The van der Waals surface area contributed by atoms with E-state index in [2.05, 4.69) is 0 Å². The Morgan fingerprint density at radius 3 is 3.00 bits per heavy atom. The van der Waals surface area contributed by atoms with Gasteiger partial charge in [0.25, 0.3) is 0 Å². The summed E-state index contributed by atoms with van der Waals surface area (Å²) in [6.07, 6.45) is 2.64. The third-order valence-corrected chi connectivity index (χ3v) is 2.82. The topological polar surface area (TPSA) is 37.3 Å². The molecule has 1 heterocycles. The maximum atomic E-state index is 10.1. The van der Waals surface area contributed by atoms with Crippen molar-refractivity contribution in [3.05, 3.63) is 0 Å². The van der Waals surface area contributed by atoms with E-state index in [1.165, 1.54) is 6.42 Å². The van der Waals surface area contributed by atoms with Gasteiger partial charge in [-0.3, -0.25) is 4.79 Å². The molecule has 0 aromatic heterocycles. The maximum absolute atomic E-state index is 10.1. The third kappa shape index (κ3) is 2.26. The molecule has 1 N–H and O–H groups in total. The highest BCUT2D eigenvalue weighted by Crippen LogP contribution is 2.28. The van der Waals surface area contributed by atoms with E-state index < -0.39 is 5.97 Å². The van der Waals surface area contributed by atoms with Crippen LogP contribution in [0.25, 0.3) is 0 Å². The minimum atomic E-state index is -0.658. The molecule has 0 spiro atoms. The summed E-state index contributed by atoms with van der Waals surface area (Å²) in [4.78, 5) is 10.1. The van der Waals surface area contributed by atoms with E-state index in [0.29, 0.717) is 11.7 Å². The summed E-state index contributed by atoms with van der Waals surface area (Å²) in [6, 6.07) is 0. The molecule has 0 aromatic rings. The second kappa shape index (κ2) is 3.11. The van der Waals surface area contributed by atoms with E-state index in [0.717, 1.165) is 12.2 Å². The van der Waals surface area contributed by atoms with Crippen LogP contribution in [0, 0.1) is 0 Å². The van der Waals surface area contributed by atoms with Crippen molar-refractivity contribution in [3.63, 3.8) is 0 Å². The number of carboxylic acid groups (broad SMARTS) is 1. The number of thioether (sulfide) groups is 1. The van der Waals surface area contributed by atoms with Crippen LogP contribution in [0.3, 0.4) is 0 Å². The lowest BCUT2D eigenvalue weighted by atomic mass is 10.2. The molecule has 1 rings (SSSR count). The maximum Gasteiger partial charge on any atom is 0.304 e. The molecular weight excluding hydrogens is 136 g/mol. The average molecular weight is 146 g/mol. The van der Waals surface area contributed by atoms with Gasteiger partial charge in [-0.15, -0.1) is 0 Å². The molecule has 2 nitrogen and oxygen atoms in total. The SMILES string of the molecule is O=C(O)C[C@H]1CCCS1. The molecule has 0 bridgehead atoms. The molecular formula is C6H10O2S. The second-order valence-corrected chi connectivity index (χ2v) is 3.64. The van der Waals surface area contributed by atoms with Crippen LogP contribution in [0.5, 0.6) is 0 Å². The Kier molecular flexibility index (Phi) is 2.39. The molecule has 1 atom stereocenters. The first-order valence-corrected chi connectivity index (χ1v) is 4.17. The normalized spacial score (nSPS) is 26.4. The lowest BCUT2D eigenvalue weighted by molar-refractivity contribution is -0.136. The number of hydrogen-bond acceptors (Lipinski definition) is 2. The zero-order valence-electron chi connectivity index (χ0n) is 5.17. The van der Waals surface area contributed by atoms with Gasteiger partial charge in [0.05, 0.1) is 6.42 Å². The van der Waals surface area contributed by atoms with E-state index in [9.17, 15) is 4.79 Å². The van der Waals surface area contributed by atoms with E-state index in [-0.39, 0.29) is 0 Å². The van der Waals surface area contributed by atoms with Crippen LogP contribution >= 0.6 is 11.8 Å². The average Bonchev–Trinajstić information content (AvgIpc) is 2.15. The van der Waals surface area contributed by atoms with Gasteiger partial charge in [-0.2, -0.15) is 11.8 Å². The second-order valence-electron chi connectivity index (χ2n) is 2.23. The van der Waals surface area contributed by atoms with E-state index >= 15 is 0 Å². The standard InChI is InChI=1S/C6H10O2S/c7-6(8)4-5-2-1-3-9-5/h5H,1-4H2,(H,7,8)/t5-/m1/s1. The van der Waals surface area contributed by atoms with Crippen molar-refractivity contribution >= 4 is 17.7 Å². The molecule has 1 saturated heterocycles. The molecule has 3 heteroatoms. The van der Waals surface area contributed by atoms with Crippen LogP contribution in [0.1, 0.15) is 19.3 Å². The largest absolute Gasteiger partial charge is 0.481 e. The quantitative estimate of drug-likeness (QED) is 0.639. The van der Waals surface area contributed by atoms with E-state index in [4.69, 9.17) is 5.11 Å². The number of aliphatic carboxylic acids is 1. The fourth-order valence-corrected chi connectivity index (χ4v) is 2.26. The Hall–Kier alpha value is -0.180. The fourth-order valence-electron chi connectivity index (χ4n) is 1.00. The lowest BCUT2D eigenvalue weighted by Gasteiger charge is -2.01. The highest BCUT2D eigenvalue weighted by atomic mass is 32.2. The van der Waals surface area contributed by atoms with E-state index in [1.54, 1.807) is 11.8 Å². The molecule has 1 aliphatic rings. The molecule has 0 amide bonds. The predicted molar refractivity (Wildman–Crippen MR) is 37.7 cm³/mol. The van der Waals surface area contributed by atoms with E-state index in [1.807, 2.05) is 0 Å². The lowest BCUT2D eigenvalue weighted by Crippen LogP contribution is -2.05. The van der Waals surface area contributed by atoms with Gasteiger partial charge in [0.2, 0.25) is 0 Å². The van der Waals surface area contributed by atoms with Crippen molar-refractivity contribution in [3.8, 4) is 0 Å². The molecule has 0 aliphatic carbocycles. The molecule has 0 unspecified atom stereocenters. The first-order valence-electron chi connectivity index (χ1n) is 3.12. The highest BCUT2D eigenvalue weighted by molar-refractivity contribution is 8.00. The predicted octanol–water partition coefficient (Wildman–Crippen LogP) is 1.36. The highest BCUT2D eigenvalue weighted by Gasteiger charge is 2.17. The first kappa shape index (κ1) is 6.93. The minimum absolute atomic E-state index is 0.352. The summed E-state index contributed by atoms with van der Waals surface area (Å²) in [5.41, 5.74) is 0. The van der Waals surface area contributed by atoms with Gasteiger partial charge in [0.1, 0.15) is 0 Å². The zero-order valence-corrected chi connectivity index (χ0v) is 5.99. The Morgan fingerprint density at radius 2 is 2.56 bits per heavy atom. The fraction of sp³-hybridized carbons (Fsp3) is 0.833. The molecule has 1 fully saturated rings. The summed E-state index contributed by atoms with van der Waals surface area (Å²) in [7, 11) is 0. The Balaban J connectivity index is 2.19. The van der Waals surface area contributed by atoms with Gasteiger partial charge in [0, 0.05) is 5.25 Å². The molecule has 1 aliphatic heterocycles. The Labute approximate surface area is 58.6 Å². The number of carboxylic acids is 1. The summed E-state index contributed by atoms with van der Waals surface area (Å²) in [5, 5.41) is 8.77. The van der Waals surface area contributed by atoms with Crippen LogP contribution < -0.4 is 0 Å². The number of hydrogen-bond donors (Lipinski definition) is 1. The number of carbonyl (C=O) groups is 1. The van der Waals surface area contributed by atoms with Crippen molar-refractivity contribution in [1.29, 1.82) is 0 Å². The summed E-state index contributed by atoms with van der Waals surface area (Å²) in [6.45, 7) is 0.